The number of carbonyl (C=O) groups excluding carboxylic acids is 1. The lowest BCUT2D eigenvalue weighted by molar-refractivity contribution is -0.132. The fourth-order valence-corrected chi connectivity index (χ4v) is 2.97. The van der Waals surface area contributed by atoms with Crippen LogP contribution >= 0.6 is 12.4 Å². The summed E-state index contributed by atoms with van der Waals surface area (Å²) in [5.41, 5.74) is 0. The quantitative estimate of drug-likeness (QED) is 0.643. The van der Waals surface area contributed by atoms with Crippen LogP contribution in [0.2, 0.25) is 0 Å². The second-order valence-corrected chi connectivity index (χ2v) is 5.90. The van der Waals surface area contributed by atoms with Crippen LogP contribution < -0.4 is 5.32 Å². The minimum absolute atomic E-state index is 0. The number of halogens is 1. The topological polar surface area (TPSA) is 54.0 Å². The average Bonchev–Trinajstić information content (AvgIpc) is 2.98. The predicted octanol–water partition coefficient (Wildman–Crippen LogP) is 0.215. The number of methoxy groups -OCH3 is 1. The molecule has 0 saturated carbocycles. The van der Waals surface area contributed by atoms with Crippen molar-refractivity contribution in [3.8, 4) is 0 Å². The molecule has 0 aromatic heterocycles. The van der Waals surface area contributed by atoms with Crippen LogP contribution in [0, 0.1) is 5.92 Å². The standard InChI is InChI=1S/C15H29N3O3.ClH/c1-20-10-11-21-13-14-2-6-17(12-14)7-3-15(19)18-8-4-16-5-9-18;/h14,16H,2-13H2,1H3;1H. The molecular weight excluding hydrogens is 306 g/mol. The van der Waals surface area contributed by atoms with Gasteiger partial charge in [0.15, 0.2) is 0 Å². The van der Waals surface area contributed by atoms with Crippen molar-refractivity contribution in [2.45, 2.75) is 12.8 Å². The molecule has 2 aliphatic heterocycles. The van der Waals surface area contributed by atoms with Crippen molar-refractivity contribution in [2.24, 2.45) is 5.92 Å². The molecule has 0 bridgehead atoms. The van der Waals surface area contributed by atoms with E-state index in [1.807, 2.05) is 4.90 Å². The Bertz CT molecular complexity index is 314. The Morgan fingerprint density at radius 2 is 2.00 bits per heavy atom. The average molecular weight is 336 g/mol. The number of piperazine rings is 1. The Hall–Kier alpha value is -0.400. The van der Waals surface area contributed by atoms with Crippen LogP contribution in [-0.4, -0.2) is 88.5 Å². The lowest BCUT2D eigenvalue weighted by Gasteiger charge is -2.28. The van der Waals surface area contributed by atoms with Gasteiger partial charge in [-0.3, -0.25) is 4.79 Å². The van der Waals surface area contributed by atoms with Gasteiger partial charge in [0.1, 0.15) is 0 Å². The van der Waals surface area contributed by atoms with Gasteiger partial charge in [-0.15, -0.1) is 12.4 Å². The summed E-state index contributed by atoms with van der Waals surface area (Å²) in [5.74, 6) is 0.910. The van der Waals surface area contributed by atoms with Crippen LogP contribution in [0.4, 0.5) is 0 Å². The van der Waals surface area contributed by atoms with E-state index in [1.54, 1.807) is 7.11 Å². The Labute approximate surface area is 139 Å². The minimum Gasteiger partial charge on any atom is -0.382 e. The third kappa shape index (κ3) is 6.79. The number of likely N-dealkylation sites (tertiary alicyclic amines) is 1. The molecule has 2 saturated heterocycles. The fraction of sp³-hybridized carbons (Fsp3) is 0.933. The van der Waals surface area contributed by atoms with Gasteiger partial charge in [0.05, 0.1) is 19.8 Å². The molecule has 0 radical (unpaired) electrons. The van der Waals surface area contributed by atoms with Gasteiger partial charge in [-0.2, -0.15) is 0 Å². The van der Waals surface area contributed by atoms with E-state index in [4.69, 9.17) is 9.47 Å². The van der Waals surface area contributed by atoms with Crippen molar-refractivity contribution in [1.82, 2.24) is 15.1 Å². The second-order valence-electron chi connectivity index (χ2n) is 5.90. The molecule has 2 fully saturated rings. The number of nitrogens with one attached hydrogen (secondary N) is 1. The van der Waals surface area contributed by atoms with Crippen molar-refractivity contribution in [3.05, 3.63) is 0 Å². The molecule has 1 amide bonds. The van der Waals surface area contributed by atoms with E-state index in [2.05, 4.69) is 10.2 Å². The number of amides is 1. The molecule has 0 spiro atoms. The summed E-state index contributed by atoms with van der Waals surface area (Å²) >= 11 is 0. The molecule has 7 heteroatoms. The van der Waals surface area contributed by atoms with Crippen LogP contribution in [0.1, 0.15) is 12.8 Å². The number of hydrogen-bond acceptors (Lipinski definition) is 5. The zero-order chi connectivity index (χ0) is 14.9. The van der Waals surface area contributed by atoms with E-state index in [9.17, 15) is 4.79 Å². The maximum Gasteiger partial charge on any atom is 0.223 e. The first-order chi connectivity index (χ1) is 10.3. The summed E-state index contributed by atoms with van der Waals surface area (Å²) in [6.07, 6.45) is 1.83. The number of carbonyl (C=O) groups is 1. The predicted molar refractivity (Wildman–Crippen MR) is 88.6 cm³/mol. The smallest absolute Gasteiger partial charge is 0.223 e. The van der Waals surface area contributed by atoms with Crippen molar-refractivity contribution < 1.29 is 14.3 Å². The summed E-state index contributed by atoms with van der Waals surface area (Å²) in [4.78, 5) is 16.5. The van der Waals surface area contributed by atoms with Crippen molar-refractivity contribution >= 4 is 18.3 Å². The Morgan fingerprint density at radius 3 is 2.73 bits per heavy atom. The SMILES string of the molecule is COCCOCC1CCN(CCC(=O)N2CCNCC2)C1.Cl. The number of ether oxygens (including phenoxy) is 2. The first-order valence-electron chi connectivity index (χ1n) is 8.07. The lowest BCUT2D eigenvalue weighted by atomic mass is 10.1. The van der Waals surface area contributed by atoms with E-state index in [1.165, 1.54) is 6.42 Å². The maximum atomic E-state index is 12.1. The highest BCUT2D eigenvalue weighted by atomic mass is 35.5. The fourth-order valence-electron chi connectivity index (χ4n) is 2.97. The van der Waals surface area contributed by atoms with Gasteiger partial charge in [0.2, 0.25) is 5.91 Å². The van der Waals surface area contributed by atoms with Gasteiger partial charge >= 0.3 is 0 Å². The third-order valence-electron chi connectivity index (χ3n) is 4.27. The highest BCUT2D eigenvalue weighted by Crippen LogP contribution is 2.16. The first kappa shape index (κ1) is 19.6. The highest BCUT2D eigenvalue weighted by Gasteiger charge is 2.24. The van der Waals surface area contributed by atoms with Gasteiger partial charge in [0.25, 0.3) is 0 Å². The third-order valence-corrected chi connectivity index (χ3v) is 4.27. The molecule has 0 aromatic rings. The highest BCUT2D eigenvalue weighted by molar-refractivity contribution is 5.85. The van der Waals surface area contributed by atoms with Crippen LogP contribution in [0.25, 0.3) is 0 Å². The first-order valence-corrected chi connectivity index (χ1v) is 8.07. The molecule has 130 valence electrons. The van der Waals surface area contributed by atoms with Crippen LogP contribution in [0.5, 0.6) is 0 Å². The lowest BCUT2D eigenvalue weighted by Crippen LogP contribution is -2.47. The molecule has 1 N–H and O–H groups in total. The van der Waals surface area contributed by atoms with Gasteiger partial charge in [0, 0.05) is 52.8 Å². The van der Waals surface area contributed by atoms with Crippen molar-refractivity contribution in [3.63, 3.8) is 0 Å². The monoisotopic (exact) mass is 335 g/mol. The molecule has 2 aliphatic rings. The second kappa shape index (κ2) is 11.2. The van der Waals surface area contributed by atoms with Gasteiger partial charge in [-0.25, -0.2) is 0 Å². The molecule has 1 atom stereocenters. The molecule has 1 unspecified atom stereocenters. The van der Waals surface area contributed by atoms with E-state index >= 15 is 0 Å². The van der Waals surface area contributed by atoms with Gasteiger partial charge in [-0.05, 0) is 18.9 Å². The minimum atomic E-state index is 0. The van der Waals surface area contributed by atoms with Crippen molar-refractivity contribution in [1.29, 1.82) is 0 Å². The van der Waals surface area contributed by atoms with Crippen LogP contribution in [0.15, 0.2) is 0 Å². The molecule has 0 aromatic carbocycles. The van der Waals surface area contributed by atoms with Crippen LogP contribution in [0.3, 0.4) is 0 Å². The zero-order valence-corrected chi connectivity index (χ0v) is 14.4. The molecule has 2 heterocycles. The normalized spacial score (nSPS) is 22.6. The van der Waals surface area contributed by atoms with E-state index < -0.39 is 0 Å². The van der Waals surface area contributed by atoms with Gasteiger partial charge < -0.3 is 24.6 Å². The Kier molecular flexibility index (Phi) is 9.99. The van der Waals surface area contributed by atoms with Gasteiger partial charge in [-0.1, -0.05) is 0 Å². The maximum absolute atomic E-state index is 12.1. The number of hydrogen-bond donors (Lipinski definition) is 1. The van der Waals surface area contributed by atoms with E-state index in [0.717, 1.165) is 52.4 Å². The summed E-state index contributed by atoms with van der Waals surface area (Å²) in [6.45, 7) is 8.75. The number of rotatable bonds is 8. The zero-order valence-electron chi connectivity index (χ0n) is 13.6. The molecule has 22 heavy (non-hydrogen) atoms. The largest absolute Gasteiger partial charge is 0.382 e. The summed E-state index contributed by atoms with van der Waals surface area (Å²) in [6, 6.07) is 0. The Morgan fingerprint density at radius 1 is 1.23 bits per heavy atom. The van der Waals surface area contributed by atoms with Crippen LogP contribution in [-0.2, 0) is 14.3 Å². The Balaban J connectivity index is 0.00000242. The molecular formula is C15H30ClN3O3. The number of nitrogens with zero attached hydrogens (tertiary/aromatic N) is 2. The summed E-state index contributed by atoms with van der Waals surface area (Å²) < 4.78 is 10.6. The molecule has 2 rings (SSSR count). The van der Waals surface area contributed by atoms with Crippen molar-refractivity contribution in [2.75, 3.05) is 72.7 Å². The molecule has 0 aliphatic carbocycles. The summed E-state index contributed by atoms with van der Waals surface area (Å²) in [5, 5.41) is 3.27. The molecule has 6 nitrogen and oxygen atoms in total. The van der Waals surface area contributed by atoms with E-state index in [-0.39, 0.29) is 12.4 Å². The summed E-state index contributed by atoms with van der Waals surface area (Å²) in [7, 11) is 1.69. The van der Waals surface area contributed by atoms with E-state index in [0.29, 0.717) is 31.5 Å².